The second-order valence-corrected chi connectivity index (χ2v) is 7.81. The SMILES string of the molecule is Cc1ccc(-n2nc(C(F)(F)F)cc2-c2ccc(S(N)(=O)=O)c(F)c2)cc1C. The Labute approximate surface area is 158 Å². The molecule has 0 atom stereocenters. The van der Waals surface area contributed by atoms with E-state index in [9.17, 15) is 26.0 Å². The van der Waals surface area contributed by atoms with Crippen LogP contribution in [0.5, 0.6) is 0 Å². The van der Waals surface area contributed by atoms with Crippen LogP contribution in [0.3, 0.4) is 0 Å². The van der Waals surface area contributed by atoms with Gasteiger partial charge in [-0.1, -0.05) is 12.1 Å². The predicted molar refractivity (Wildman–Crippen MR) is 94.8 cm³/mol. The molecular weight excluding hydrogens is 398 g/mol. The highest BCUT2D eigenvalue weighted by Gasteiger charge is 2.35. The Hall–Kier alpha value is -2.72. The molecule has 0 bridgehead atoms. The van der Waals surface area contributed by atoms with Crippen molar-refractivity contribution >= 4 is 10.0 Å². The van der Waals surface area contributed by atoms with Crippen molar-refractivity contribution in [2.24, 2.45) is 5.14 Å². The fourth-order valence-corrected chi connectivity index (χ4v) is 3.26. The van der Waals surface area contributed by atoms with E-state index >= 15 is 0 Å². The van der Waals surface area contributed by atoms with E-state index in [2.05, 4.69) is 5.10 Å². The third-order valence-electron chi connectivity index (χ3n) is 4.27. The van der Waals surface area contributed by atoms with Crippen LogP contribution in [-0.2, 0) is 16.2 Å². The molecule has 28 heavy (non-hydrogen) atoms. The number of halogens is 4. The van der Waals surface area contributed by atoms with Gasteiger partial charge in [0.2, 0.25) is 10.0 Å². The summed E-state index contributed by atoms with van der Waals surface area (Å²) >= 11 is 0. The molecule has 0 saturated heterocycles. The molecule has 1 aromatic heterocycles. The number of sulfonamides is 1. The molecule has 2 aromatic carbocycles. The molecule has 10 heteroatoms. The standard InChI is InChI=1S/C18H15F4N3O2S/c1-10-3-5-13(7-11(10)2)25-15(9-17(24-25)18(20,21)22)12-4-6-16(14(19)8-12)28(23,26)27/h3-9H,1-2H3,(H2,23,26,27). The summed E-state index contributed by atoms with van der Waals surface area (Å²) in [4.78, 5) is -0.746. The van der Waals surface area contributed by atoms with Gasteiger partial charge in [-0.2, -0.15) is 18.3 Å². The van der Waals surface area contributed by atoms with Crippen LogP contribution >= 0.6 is 0 Å². The van der Waals surface area contributed by atoms with Crippen molar-refractivity contribution in [3.05, 3.63) is 65.1 Å². The molecular formula is C18H15F4N3O2S. The fraction of sp³-hybridized carbons (Fsp3) is 0.167. The maximum atomic E-state index is 14.2. The predicted octanol–water partition coefficient (Wildman–Crippen LogP) is 3.96. The number of alkyl halides is 3. The van der Waals surface area contributed by atoms with Crippen molar-refractivity contribution in [2.45, 2.75) is 24.9 Å². The van der Waals surface area contributed by atoms with Crippen LogP contribution in [0, 0.1) is 19.7 Å². The monoisotopic (exact) mass is 413 g/mol. The fourth-order valence-electron chi connectivity index (χ4n) is 2.67. The van der Waals surface area contributed by atoms with Gasteiger partial charge in [-0.05, 0) is 55.3 Å². The second kappa shape index (κ2) is 6.71. The van der Waals surface area contributed by atoms with E-state index in [1.165, 1.54) is 6.07 Å². The van der Waals surface area contributed by atoms with Gasteiger partial charge in [0, 0.05) is 5.56 Å². The minimum absolute atomic E-state index is 0.0196. The van der Waals surface area contributed by atoms with E-state index in [4.69, 9.17) is 5.14 Å². The molecule has 5 nitrogen and oxygen atoms in total. The Balaban J connectivity index is 2.24. The molecule has 0 amide bonds. The third kappa shape index (κ3) is 3.78. The van der Waals surface area contributed by atoms with Crippen molar-refractivity contribution in [2.75, 3.05) is 0 Å². The van der Waals surface area contributed by atoms with Gasteiger partial charge in [0.05, 0.1) is 11.4 Å². The van der Waals surface area contributed by atoms with Crippen LogP contribution < -0.4 is 5.14 Å². The summed E-state index contributed by atoms with van der Waals surface area (Å²) < 4.78 is 77.6. The summed E-state index contributed by atoms with van der Waals surface area (Å²) in [6.45, 7) is 3.65. The quantitative estimate of drug-likeness (QED) is 0.660. The Kier molecular flexibility index (Phi) is 4.80. The Morgan fingerprint density at radius 2 is 1.68 bits per heavy atom. The first-order chi connectivity index (χ1) is 12.9. The van der Waals surface area contributed by atoms with Crippen molar-refractivity contribution in [1.29, 1.82) is 0 Å². The van der Waals surface area contributed by atoms with Crippen LogP contribution in [-0.4, -0.2) is 18.2 Å². The van der Waals surface area contributed by atoms with Crippen molar-refractivity contribution in [3.8, 4) is 16.9 Å². The molecule has 0 aliphatic rings. The zero-order chi connectivity index (χ0) is 20.9. The van der Waals surface area contributed by atoms with E-state index in [-0.39, 0.29) is 11.3 Å². The summed E-state index contributed by atoms with van der Waals surface area (Å²) in [5.74, 6) is -1.17. The normalized spacial score (nSPS) is 12.4. The average Bonchev–Trinajstić information content (AvgIpc) is 3.01. The number of primary sulfonamides is 1. The van der Waals surface area contributed by atoms with Crippen LogP contribution in [0.4, 0.5) is 17.6 Å². The number of aryl methyl sites for hydroxylation is 2. The first kappa shape index (κ1) is 20.0. The van der Waals surface area contributed by atoms with Crippen LogP contribution in [0.15, 0.2) is 47.4 Å². The van der Waals surface area contributed by atoms with Crippen LogP contribution in [0.25, 0.3) is 16.9 Å². The van der Waals surface area contributed by atoms with Gasteiger partial charge in [-0.3, -0.25) is 0 Å². The van der Waals surface area contributed by atoms with Crippen LogP contribution in [0.2, 0.25) is 0 Å². The van der Waals surface area contributed by atoms with E-state index in [1.807, 2.05) is 6.92 Å². The number of nitrogens with zero attached hydrogens (tertiary/aromatic N) is 2. The minimum atomic E-state index is -4.71. The molecule has 0 radical (unpaired) electrons. The van der Waals surface area contributed by atoms with Gasteiger partial charge in [0.1, 0.15) is 10.7 Å². The summed E-state index contributed by atoms with van der Waals surface area (Å²) in [5, 5.41) is 8.55. The first-order valence-corrected chi connectivity index (χ1v) is 9.50. The maximum Gasteiger partial charge on any atom is 0.435 e. The molecule has 2 N–H and O–H groups in total. The van der Waals surface area contributed by atoms with Crippen molar-refractivity contribution < 1.29 is 26.0 Å². The molecule has 3 aromatic rings. The molecule has 0 fully saturated rings. The molecule has 0 saturated carbocycles. The minimum Gasteiger partial charge on any atom is -0.232 e. The smallest absolute Gasteiger partial charge is 0.232 e. The molecule has 0 spiro atoms. The lowest BCUT2D eigenvalue weighted by atomic mass is 10.1. The number of aromatic nitrogens is 2. The first-order valence-electron chi connectivity index (χ1n) is 7.95. The molecule has 3 rings (SSSR count). The topological polar surface area (TPSA) is 78.0 Å². The lowest BCUT2D eigenvalue weighted by Crippen LogP contribution is -2.14. The highest BCUT2D eigenvalue weighted by molar-refractivity contribution is 7.89. The maximum absolute atomic E-state index is 14.2. The van der Waals surface area contributed by atoms with Gasteiger partial charge in [0.15, 0.2) is 5.69 Å². The summed E-state index contributed by atoms with van der Waals surface area (Å²) in [6.07, 6.45) is -4.71. The number of benzene rings is 2. The highest BCUT2D eigenvalue weighted by Crippen LogP contribution is 2.34. The molecule has 0 aliphatic heterocycles. The largest absolute Gasteiger partial charge is 0.435 e. The Morgan fingerprint density at radius 1 is 1.00 bits per heavy atom. The van der Waals surface area contributed by atoms with Crippen LogP contribution in [0.1, 0.15) is 16.8 Å². The van der Waals surface area contributed by atoms with E-state index in [0.717, 1.165) is 34.0 Å². The second-order valence-electron chi connectivity index (χ2n) is 6.28. The van der Waals surface area contributed by atoms with Gasteiger partial charge in [0.25, 0.3) is 0 Å². The zero-order valence-corrected chi connectivity index (χ0v) is 15.6. The molecule has 0 aliphatic carbocycles. The third-order valence-corrected chi connectivity index (χ3v) is 5.21. The molecule has 1 heterocycles. The van der Waals surface area contributed by atoms with Crippen molar-refractivity contribution in [1.82, 2.24) is 9.78 Å². The van der Waals surface area contributed by atoms with Gasteiger partial charge in [-0.25, -0.2) is 22.6 Å². The number of hydrogen-bond donors (Lipinski definition) is 1. The van der Waals surface area contributed by atoms with E-state index in [1.54, 1.807) is 25.1 Å². The highest BCUT2D eigenvalue weighted by atomic mass is 32.2. The van der Waals surface area contributed by atoms with E-state index < -0.39 is 32.6 Å². The number of nitrogens with two attached hydrogens (primary N) is 1. The lowest BCUT2D eigenvalue weighted by molar-refractivity contribution is -0.141. The lowest BCUT2D eigenvalue weighted by Gasteiger charge is -2.10. The Bertz CT molecular complexity index is 1170. The van der Waals surface area contributed by atoms with Crippen molar-refractivity contribution in [3.63, 3.8) is 0 Å². The summed E-state index contributed by atoms with van der Waals surface area (Å²) in [7, 11) is -4.30. The Morgan fingerprint density at radius 3 is 2.21 bits per heavy atom. The number of hydrogen-bond acceptors (Lipinski definition) is 3. The van der Waals surface area contributed by atoms with Gasteiger partial charge < -0.3 is 0 Å². The van der Waals surface area contributed by atoms with E-state index in [0.29, 0.717) is 5.69 Å². The molecule has 148 valence electrons. The average molecular weight is 413 g/mol. The van der Waals surface area contributed by atoms with Gasteiger partial charge in [-0.15, -0.1) is 0 Å². The summed E-state index contributed by atoms with van der Waals surface area (Å²) in [5.41, 5.74) is 0.947. The summed E-state index contributed by atoms with van der Waals surface area (Å²) in [6, 6.07) is 8.65. The number of rotatable bonds is 3. The molecule has 0 unspecified atom stereocenters. The zero-order valence-electron chi connectivity index (χ0n) is 14.7. The van der Waals surface area contributed by atoms with Gasteiger partial charge >= 0.3 is 6.18 Å².